The van der Waals surface area contributed by atoms with E-state index < -0.39 is 0 Å². The van der Waals surface area contributed by atoms with Crippen molar-refractivity contribution in [1.29, 1.82) is 0 Å². The lowest BCUT2D eigenvalue weighted by Crippen LogP contribution is -2.69. The number of hydrogen-bond acceptors (Lipinski definition) is 2. The summed E-state index contributed by atoms with van der Waals surface area (Å²) >= 11 is 0. The molecule has 0 bridgehead atoms. The molecule has 2 saturated heterocycles. The molecule has 1 aliphatic carbocycles. The number of carbonyl (C=O) groups is 2. The van der Waals surface area contributed by atoms with Crippen LogP contribution in [0.1, 0.15) is 59.3 Å². The largest absolute Gasteiger partial charge is 0.329 e. The van der Waals surface area contributed by atoms with E-state index in [1.165, 1.54) is 19.3 Å². The predicted molar refractivity (Wildman–Crippen MR) is 81.6 cm³/mol. The lowest BCUT2D eigenvalue weighted by atomic mass is 9.78. The van der Waals surface area contributed by atoms with E-state index in [2.05, 4.69) is 20.8 Å². The van der Waals surface area contributed by atoms with Crippen molar-refractivity contribution in [3.63, 3.8) is 0 Å². The second kappa shape index (κ2) is 5.62. The summed E-state index contributed by atoms with van der Waals surface area (Å²) in [5.41, 5.74) is 0. The zero-order valence-electron chi connectivity index (χ0n) is 13.5. The molecule has 0 aromatic heterocycles. The molecule has 4 nitrogen and oxygen atoms in total. The number of carbonyl (C=O) groups excluding carboxylic acids is 2. The molecule has 1 saturated carbocycles. The molecular formula is C17H28N2O2. The van der Waals surface area contributed by atoms with Crippen molar-refractivity contribution in [1.82, 2.24) is 9.80 Å². The van der Waals surface area contributed by atoms with E-state index in [1.54, 1.807) is 0 Å². The summed E-state index contributed by atoms with van der Waals surface area (Å²) in [6.07, 6.45) is 6.64. The Hall–Kier alpha value is -1.06. The third-order valence-corrected chi connectivity index (χ3v) is 5.78. The van der Waals surface area contributed by atoms with E-state index in [-0.39, 0.29) is 35.9 Å². The van der Waals surface area contributed by atoms with Crippen molar-refractivity contribution < 1.29 is 9.59 Å². The lowest BCUT2D eigenvalue weighted by molar-refractivity contribution is -0.170. The fourth-order valence-electron chi connectivity index (χ4n) is 4.26. The van der Waals surface area contributed by atoms with E-state index in [0.717, 1.165) is 25.8 Å². The zero-order valence-corrected chi connectivity index (χ0v) is 13.5. The van der Waals surface area contributed by atoms with Crippen molar-refractivity contribution >= 4 is 11.8 Å². The van der Waals surface area contributed by atoms with Crippen molar-refractivity contribution in [2.24, 2.45) is 11.8 Å². The van der Waals surface area contributed by atoms with Gasteiger partial charge in [-0.1, -0.05) is 20.3 Å². The molecule has 3 aliphatic rings. The number of hydrogen-bond donors (Lipinski definition) is 0. The molecule has 118 valence electrons. The maximum absolute atomic E-state index is 13.0. The molecular weight excluding hydrogens is 264 g/mol. The smallest absolute Gasteiger partial charge is 0.246 e. The fraction of sp³-hybridized carbons (Fsp3) is 0.882. The summed E-state index contributed by atoms with van der Waals surface area (Å²) in [5, 5.41) is 0. The van der Waals surface area contributed by atoms with Crippen LogP contribution in [-0.2, 0) is 9.59 Å². The van der Waals surface area contributed by atoms with Gasteiger partial charge in [0.05, 0.1) is 0 Å². The summed E-state index contributed by atoms with van der Waals surface area (Å²) in [4.78, 5) is 29.8. The van der Waals surface area contributed by atoms with E-state index in [4.69, 9.17) is 0 Å². The third-order valence-electron chi connectivity index (χ3n) is 5.78. The predicted octanol–water partition coefficient (Wildman–Crippen LogP) is 2.42. The minimum atomic E-state index is -0.248. The van der Waals surface area contributed by atoms with Crippen LogP contribution in [0.25, 0.3) is 0 Å². The molecule has 0 aromatic carbocycles. The molecule has 21 heavy (non-hydrogen) atoms. The van der Waals surface area contributed by atoms with E-state index in [0.29, 0.717) is 5.92 Å². The average Bonchev–Trinajstić information content (AvgIpc) is 2.40. The van der Waals surface area contributed by atoms with E-state index in [1.807, 2.05) is 9.80 Å². The highest BCUT2D eigenvalue weighted by molar-refractivity contribution is 5.97. The number of piperidine rings is 1. The highest BCUT2D eigenvalue weighted by Crippen LogP contribution is 2.37. The summed E-state index contributed by atoms with van der Waals surface area (Å²) in [7, 11) is 0. The SMILES string of the molecule is CC(C)C1C(=O)N2CCCCC2C(=O)N1C(C)C1CCC1. The van der Waals surface area contributed by atoms with Gasteiger partial charge < -0.3 is 9.80 Å². The van der Waals surface area contributed by atoms with Crippen LogP contribution in [0.5, 0.6) is 0 Å². The average molecular weight is 292 g/mol. The molecule has 0 N–H and O–H groups in total. The van der Waals surface area contributed by atoms with Crippen LogP contribution in [0.15, 0.2) is 0 Å². The Morgan fingerprint density at radius 1 is 0.952 bits per heavy atom. The topological polar surface area (TPSA) is 40.6 Å². The van der Waals surface area contributed by atoms with Crippen molar-refractivity contribution in [2.45, 2.75) is 77.4 Å². The van der Waals surface area contributed by atoms with Crippen LogP contribution in [0.3, 0.4) is 0 Å². The van der Waals surface area contributed by atoms with Crippen LogP contribution in [0, 0.1) is 11.8 Å². The Labute approximate surface area is 127 Å². The summed E-state index contributed by atoms with van der Waals surface area (Å²) < 4.78 is 0. The Morgan fingerprint density at radius 3 is 2.24 bits per heavy atom. The first-order valence-electron chi connectivity index (χ1n) is 8.65. The highest BCUT2D eigenvalue weighted by atomic mass is 16.2. The standard InChI is InChI=1S/C17H28N2O2/c1-11(2)15-17(21)18-10-5-4-9-14(18)16(20)19(15)12(3)13-7-6-8-13/h11-15H,4-10H2,1-3H3. The van der Waals surface area contributed by atoms with Crippen LogP contribution in [0.4, 0.5) is 0 Å². The Balaban J connectivity index is 1.90. The zero-order chi connectivity index (χ0) is 15.1. The number of piperazine rings is 1. The molecule has 0 radical (unpaired) electrons. The minimum absolute atomic E-state index is 0.177. The normalized spacial score (nSPS) is 32.2. The monoisotopic (exact) mass is 292 g/mol. The van der Waals surface area contributed by atoms with Crippen molar-refractivity contribution in [3.8, 4) is 0 Å². The molecule has 3 rings (SSSR count). The van der Waals surface area contributed by atoms with Gasteiger partial charge in [-0.15, -0.1) is 0 Å². The molecule has 0 spiro atoms. The van der Waals surface area contributed by atoms with Crippen LogP contribution >= 0.6 is 0 Å². The van der Waals surface area contributed by atoms with Gasteiger partial charge in [-0.2, -0.15) is 0 Å². The molecule has 2 amide bonds. The summed E-state index contributed by atoms with van der Waals surface area (Å²) in [6.45, 7) is 7.06. The first-order chi connectivity index (χ1) is 10.0. The summed E-state index contributed by atoms with van der Waals surface area (Å²) in [6, 6.07) is -0.210. The fourth-order valence-corrected chi connectivity index (χ4v) is 4.26. The Bertz CT molecular complexity index is 431. The number of amides is 2. The van der Waals surface area contributed by atoms with Gasteiger partial charge in [0.1, 0.15) is 12.1 Å². The molecule has 3 fully saturated rings. The van der Waals surface area contributed by atoms with Crippen LogP contribution < -0.4 is 0 Å². The molecule has 0 aromatic rings. The molecule has 4 heteroatoms. The van der Waals surface area contributed by atoms with Gasteiger partial charge in [0, 0.05) is 12.6 Å². The first kappa shape index (κ1) is 14.9. The first-order valence-corrected chi connectivity index (χ1v) is 8.65. The Morgan fingerprint density at radius 2 is 1.67 bits per heavy atom. The van der Waals surface area contributed by atoms with Gasteiger partial charge in [-0.05, 0) is 50.9 Å². The maximum atomic E-state index is 13.0. The van der Waals surface area contributed by atoms with Gasteiger partial charge in [-0.25, -0.2) is 0 Å². The van der Waals surface area contributed by atoms with E-state index >= 15 is 0 Å². The molecule has 3 unspecified atom stereocenters. The molecule has 2 aliphatic heterocycles. The van der Waals surface area contributed by atoms with Crippen LogP contribution in [0.2, 0.25) is 0 Å². The van der Waals surface area contributed by atoms with Gasteiger partial charge in [0.25, 0.3) is 0 Å². The maximum Gasteiger partial charge on any atom is 0.246 e. The quantitative estimate of drug-likeness (QED) is 0.801. The Kier molecular flexibility index (Phi) is 3.98. The summed E-state index contributed by atoms with van der Waals surface area (Å²) in [5.74, 6) is 1.19. The number of nitrogens with zero attached hydrogens (tertiary/aromatic N) is 2. The van der Waals surface area contributed by atoms with Crippen LogP contribution in [-0.4, -0.2) is 46.3 Å². The van der Waals surface area contributed by atoms with Crippen molar-refractivity contribution in [3.05, 3.63) is 0 Å². The number of fused-ring (bicyclic) bond motifs is 1. The highest BCUT2D eigenvalue weighted by Gasteiger charge is 2.50. The van der Waals surface area contributed by atoms with E-state index in [9.17, 15) is 9.59 Å². The third kappa shape index (κ3) is 2.36. The van der Waals surface area contributed by atoms with Gasteiger partial charge in [-0.3, -0.25) is 9.59 Å². The number of rotatable bonds is 3. The lowest BCUT2D eigenvalue weighted by Gasteiger charge is -2.52. The second-order valence-electron chi connectivity index (χ2n) is 7.41. The van der Waals surface area contributed by atoms with Crippen molar-refractivity contribution in [2.75, 3.05) is 6.54 Å². The van der Waals surface area contributed by atoms with Gasteiger partial charge in [0.15, 0.2) is 0 Å². The second-order valence-corrected chi connectivity index (χ2v) is 7.41. The molecule has 3 atom stereocenters. The minimum Gasteiger partial charge on any atom is -0.329 e. The van der Waals surface area contributed by atoms with Gasteiger partial charge in [0.2, 0.25) is 11.8 Å². The molecule has 2 heterocycles. The van der Waals surface area contributed by atoms with Gasteiger partial charge >= 0.3 is 0 Å².